The van der Waals surface area contributed by atoms with Gasteiger partial charge >= 0.3 is 5.97 Å². The minimum Gasteiger partial charge on any atom is -0.465 e. The Morgan fingerprint density at radius 3 is 2.52 bits per heavy atom. The van der Waals surface area contributed by atoms with Crippen molar-refractivity contribution >= 4 is 33.4 Å². The molecule has 3 aromatic rings. The van der Waals surface area contributed by atoms with Gasteiger partial charge in [-0.1, -0.05) is 28.5 Å². The number of carbonyl (C=O) groups is 2. The normalized spacial score (nSPS) is 11.8. The van der Waals surface area contributed by atoms with Crippen LogP contribution in [-0.2, 0) is 16.1 Å². The minimum atomic E-state index is -0.443. The molecule has 3 rings (SSSR count). The lowest BCUT2D eigenvalue weighted by Gasteiger charge is -2.05. The first-order chi connectivity index (χ1) is 12.9. The molecule has 7 heteroatoms. The summed E-state index contributed by atoms with van der Waals surface area (Å²) in [5, 5.41) is 0. The Labute approximate surface area is 159 Å². The monoisotopic (exact) mass is 386 g/mol. The highest BCUT2D eigenvalue weighted by atomic mass is 32.1. The van der Waals surface area contributed by atoms with Crippen LogP contribution in [0.15, 0.2) is 41.4 Å². The molecule has 1 aromatic heterocycles. The third-order valence-electron chi connectivity index (χ3n) is 3.90. The van der Waals surface area contributed by atoms with E-state index in [1.54, 1.807) is 29.7 Å². The van der Waals surface area contributed by atoms with Crippen LogP contribution in [0.3, 0.4) is 0 Å². The van der Waals surface area contributed by atoms with E-state index in [1.807, 2.05) is 19.9 Å². The number of aryl methyl sites for hydroxylation is 2. The fraction of sp³-hybridized carbons (Fsp3) is 0.250. The van der Waals surface area contributed by atoms with Crippen LogP contribution in [0.25, 0.3) is 10.2 Å². The van der Waals surface area contributed by atoms with Gasteiger partial charge in [0.05, 0.1) is 16.8 Å². The number of thiazole rings is 1. The van der Waals surface area contributed by atoms with Crippen LogP contribution >= 0.6 is 11.3 Å². The molecule has 1 heterocycles. The number of fused-ring (bicyclic) bond motifs is 1. The molecule has 0 spiro atoms. The van der Waals surface area contributed by atoms with Crippen LogP contribution in [0, 0.1) is 19.7 Å². The minimum absolute atomic E-state index is 0.0988. The molecule has 1 amide bonds. The Morgan fingerprint density at radius 1 is 1.15 bits per heavy atom. The summed E-state index contributed by atoms with van der Waals surface area (Å²) in [6.45, 7) is 5.70. The number of carbonyl (C=O) groups excluding carboxylic acids is 2. The molecule has 27 heavy (non-hydrogen) atoms. The fourth-order valence-corrected chi connectivity index (χ4v) is 3.92. The number of hydrogen-bond donors (Lipinski definition) is 0. The predicted octanol–water partition coefficient (Wildman–Crippen LogP) is 3.76. The number of ether oxygens (including phenoxy) is 1. The number of amides is 1. The van der Waals surface area contributed by atoms with Gasteiger partial charge in [-0.05, 0) is 51.1 Å². The highest BCUT2D eigenvalue weighted by Gasteiger charge is 2.13. The first-order valence-electron chi connectivity index (χ1n) is 8.49. The zero-order chi connectivity index (χ0) is 19.6. The van der Waals surface area contributed by atoms with Crippen molar-refractivity contribution in [1.82, 2.24) is 4.57 Å². The topological polar surface area (TPSA) is 60.7 Å². The summed E-state index contributed by atoms with van der Waals surface area (Å²) in [6.07, 6.45) is 0. The number of aromatic nitrogens is 1. The summed E-state index contributed by atoms with van der Waals surface area (Å²) in [7, 11) is 0. The maximum atomic E-state index is 13.6. The van der Waals surface area contributed by atoms with Crippen LogP contribution < -0.4 is 4.80 Å². The van der Waals surface area contributed by atoms with Crippen molar-refractivity contribution < 1.29 is 18.7 Å². The maximum Gasteiger partial charge on any atom is 0.326 e. The molecule has 0 bridgehead atoms. The van der Waals surface area contributed by atoms with Crippen LogP contribution in [0.2, 0.25) is 0 Å². The highest BCUT2D eigenvalue weighted by molar-refractivity contribution is 7.16. The average molecular weight is 386 g/mol. The molecular weight excluding hydrogens is 367 g/mol. The van der Waals surface area contributed by atoms with Gasteiger partial charge in [-0.15, -0.1) is 0 Å². The third kappa shape index (κ3) is 4.31. The van der Waals surface area contributed by atoms with Gasteiger partial charge < -0.3 is 9.30 Å². The summed E-state index contributed by atoms with van der Waals surface area (Å²) in [5.41, 5.74) is 3.03. The zero-order valence-electron chi connectivity index (χ0n) is 15.3. The van der Waals surface area contributed by atoms with Gasteiger partial charge in [0.25, 0.3) is 5.91 Å². The molecule has 0 aliphatic heterocycles. The summed E-state index contributed by atoms with van der Waals surface area (Å²) in [5.74, 6) is -1.24. The summed E-state index contributed by atoms with van der Waals surface area (Å²) < 4.78 is 20.8. The number of nitrogens with zero attached hydrogens (tertiary/aromatic N) is 2. The zero-order valence-corrected chi connectivity index (χ0v) is 16.1. The Balaban J connectivity index is 2.12. The van der Waals surface area contributed by atoms with Crippen LogP contribution in [-0.4, -0.2) is 23.1 Å². The van der Waals surface area contributed by atoms with Gasteiger partial charge in [0.15, 0.2) is 4.80 Å². The van der Waals surface area contributed by atoms with Crippen molar-refractivity contribution in [3.8, 4) is 0 Å². The molecule has 0 fully saturated rings. The first-order valence-corrected chi connectivity index (χ1v) is 9.31. The molecule has 0 saturated carbocycles. The Hall–Kier alpha value is -2.80. The van der Waals surface area contributed by atoms with E-state index in [4.69, 9.17) is 4.74 Å². The number of halogens is 1. The van der Waals surface area contributed by atoms with Crippen LogP contribution in [0.5, 0.6) is 0 Å². The molecule has 0 N–H and O–H groups in total. The second-order valence-electron chi connectivity index (χ2n) is 6.18. The van der Waals surface area contributed by atoms with Gasteiger partial charge in [0.1, 0.15) is 12.4 Å². The van der Waals surface area contributed by atoms with E-state index in [1.165, 1.54) is 12.1 Å². The average Bonchev–Trinajstić information content (AvgIpc) is 2.90. The third-order valence-corrected chi connectivity index (χ3v) is 4.94. The lowest BCUT2D eigenvalue weighted by Crippen LogP contribution is -2.23. The maximum absolute atomic E-state index is 13.6. The number of rotatable bonds is 4. The molecular formula is C20H19FN2O3S. The Bertz CT molecular complexity index is 1080. The standard InChI is InChI=1S/C20H19FN2O3S/c1-4-26-18(24)11-23-16-6-5-15(21)10-17(16)27-20(23)22-19(25)14-8-12(2)7-13(3)9-14/h5-10H,4,11H2,1-3H3. The molecule has 0 radical (unpaired) electrons. The molecule has 0 unspecified atom stereocenters. The van der Waals surface area contributed by atoms with Gasteiger partial charge in [-0.3, -0.25) is 9.59 Å². The van der Waals surface area contributed by atoms with Crippen LogP contribution in [0.1, 0.15) is 28.4 Å². The van der Waals surface area contributed by atoms with E-state index in [-0.39, 0.29) is 19.0 Å². The molecule has 0 aliphatic rings. The quantitative estimate of drug-likeness (QED) is 0.642. The van der Waals surface area contributed by atoms with Crippen molar-refractivity contribution in [2.24, 2.45) is 4.99 Å². The Kier molecular flexibility index (Phi) is 5.51. The summed E-state index contributed by atoms with van der Waals surface area (Å²) >= 11 is 1.16. The van der Waals surface area contributed by atoms with Crippen molar-refractivity contribution in [3.63, 3.8) is 0 Å². The van der Waals surface area contributed by atoms with E-state index >= 15 is 0 Å². The molecule has 2 aromatic carbocycles. The molecule has 0 atom stereocenters. The second-order valence-corrected chi connectivity index (χ2v) is 7.19. The first kappa shape index (κ1) is 19.0. The van der Waals surface area contributed by atoms with E-state index in [0.717, 1.165) is 22.5 Å². The summed E-state index contributed by atoms with van der Waals surface area (Å²) in [4.78, 5) is 29.2. The van der Waals surface area contributed by atoms with E-state index in [9.17, 15) is 14.0 Å². The van der Waals surface area contributed by atoms with E-state index in [2.05, 4.69) is 4.99 Å². The Morgan fingerprint density at radius 2 is 1.85 bits per heavy atom. The van der Waals surface area contributed by atoms with Gasteiger partial charge in [0, 0.05) is 5.56 Å². The van der Waals surface area contributed by atoms with Gasteiger partial charge in [-0.2, -0.15) is 4.99 Å². The van der Waals surface area contributed by atoms with E-state index in [0.29, 0.717) is 20.6 Å². The van der Waals surface area contributed by atoms with Crippen molar-refractivity contribution in [2.75, 3.05) is 6.61 Å². The second kappa shape index (κ2) is 7.84. The largest absolute Gasteiger partial charge is 0.465 e. The number of benzene rings is 2. The predicted molar refractivity (Wildman–Crippen MR) is 102 cm³/mol. The highest BCUT2D eigenvalue weighted by Crippen LogP contribution is 2.19. The van der Waals surface area contributed by atoms with Crippen LogP contribution in [0.4, 0.5) is 4.39 Å². The van der Waals surface area contributed by atoms with Gasteiger partial charge in [0.2, 0.25) is 0 Å². The lowest BCUT2D eigenvalue weighted by atomic mass is 10.1. The van der Waals surface area contributed by atoms with Crippen molar-refractivity contribution in [3.05, 3.63) is 63.7 Å². The molecule has 140 valence electrons. The number of esters is 1. The number of hydrogen-bond acceptors (Lipinski definition) is 4. The summed E-state index contributed by atoms with van der Waals surface area (Å²) in [6, 6.07) is 9.75. The molecule has 0 saturated heterocycles. The van der Waals surface area contributed by atoms with Crippen molar-refractivity contribution in [2.45, 2.75) is 27.3 Å². The van der Waals surface area contributed by atoms with Gasteiger partial charge in [-0.25, -0.2) is 4.39 Å². The fourth-order valence-electron chi connectivity index (χ4n) is 2.87. The SMILES string of the molecule is CCOC(=O)Cn1c(=NC(=O)c2cc(C)cc(C)c2)sc2cc(F)ccc21. The molecule has 0 aliphatic carbocycles. The van der Waals surface area contributed by atoms with E-state index < -0.39 is 11.9 Å². The lowest BCUT2D eigenvalue weighted by molar-refractivity contribution is -0.143. The molecule has 5 nitrogen and oxygen atoms in total. The smallest absolute Gasteiger partial charge is 0.326 e. The van der Waals surface area contributed by atoms with Crippen molar-refractivity contribution in [1.29, 1.82) is 0 Å².